The molecular weight excluding hydrogens is 144 g/mol. The minimum atomic E-state index is 0.171. The van der Waals surface area contributed by atoms with Gasteiger partial charge in [0.1, 0.15) is 0 Å². The van der Waals surface area contributed by atoms with Gasteiger partial charge in [-0.25, -0.2) is 0 Å². The van der Waals surface area contributed by atoms with Gasteiger partial charge in [0.25, 0.3) is 0 Å². The molecule has 56 valence electrons. The van der Waals surface area contributed by atoms with Crippen LogP contribution in [0, 0.1) is 5.41 Å². The van der Waals surface area contributed by atoms with Crippen LogP contribution in [0.2, 0.25) is 0 Å². The van der Waals surface area contributed by atoms with E-state index in [4.69, 9.17) is 0 Å². The predicted molar refractivity (Wildman–Crippen MR) is 43.0 cm³/mol. The van der Waals surface area contributed by atoms with E-state index in [1.807, 2.05) is 0 Å². The third-order valence-electron chi connectivity index (χ3n) is 2.81. The molecule has 1 aliphatic carbocycles. The lowest BCUT2D eigenvalue weighted by Gasteiger charge is -2.17. The molecule has 0 aromatic carbocycles. The highest BCUT2D eigenvalue weighted by Crippen LogP contribution is 2.49. The molecule has 1 heterocycles. The highest BCUT2D eigenvalue weighted by molar-refractivity contribution is 8.14. The Balaban J connectivity index is 2.19. The summed E-state index contributed by atoms with van der Waals surface area (Å²) in [6.45, 7) is 0. The van der Waals surface area contributed by atoms with E-state index in [9.17, 15) is 4.79 Å². The second-order valence-corrected chi connectivity index (χ2v) is 4.44. The third-order valence-corrected chi connectivity index (χ3v) is 3.91. The van der Waals surface area contributed by atoms with Crippen LogP contribution in [0.15, 0.2) is 0 Å². The van der Waals surface area contributed by atoms with Crippen LogP contribution < -0.4 is 0 Å². The molecule has 0 N–H and O–H groups in total. The molecule has 2 heteroatoms. The van der Waals surface area contributed by atoms with Gasteiger partial charge in [0.2, 0.25) is 0 Å². The summed E-state index contributed by atoms with van der Waals surface area (Å²) in [5, 5.41) is 0.491. The largest absolute Gasteiger partial charge is 0.287 e. The van der Waals surface area contributed by atoms with Crippen molar-refractivity contribution in [2.75, 3.05) is 5.75 Å². The third kappa shape index (κ3) is 0.815. The highest BCUT2D eigenvalue weighted by Gasteiger charge is 2.44. The lowest BCUT2D eigenvalue weighted by molar-refractivity contribution is -0.118. The number of thioether (sulfide) groups is 1. The van der Waals surface area contributed by atoms with Gasteiger partial charge in [0, 0.05) is 11.2 Å². The zero-order chi connectivity index (χ0) is 7.03. The van der Waals surface area contributed by atoms with Gasteiger partial charge in [-0.15, -0.1) is 0 Å². The van der Waals surface area contributed by atoms with Gasteiger partial charge in [-0.2, -0.15) is 0 Å². The lowest BCUT2D eigenvalue weighted by atomic mass is 9.85. The minimum absolute atomic E-state index is 0.171. The van der Waals surface area contributed by atoms with Crippen LogP contribution in [-0.2, 0) is 4.79 Å². The van der Waals surface area contributed by atoms with Crippen LogP contribution in [0.4, 0.5) is 0 Å². The molecule has 1 saturated carbocycles. The second kappa shape index (κ2) is 2.26. The molecule has 1 nitrogen and oxygen atoms in total. The van der Waals surface area contributed by atoms with Crippen molar-refractivity contribution in [2.45, 2.75) is 32.1 Å². The van der Waals surface area contributed by atoms with E-state index >= 15 is 0 Å². The summed E-state index contributed by atoms with van der Waals surface area (Å²) in [5.41, 5.74) is 0.171. The fourth-order valence-corrected chi connectivity index (χ4v) is 3.39. The molecule has 2 aliphatic rings. The van der Waals surface area contributed by atoms with Crippen molar-refractivity contribution in [2.24, 2.45) is 5.41 Å². The Morgan fingerprint density at radius 2 is 1.90 bits per heavy atom. The first-order valence-corrected chi connectivity index (χ1v) is 4.99. The summed E-state index contributed by atoms with van der Waals surface area (Å²) >= 11 is 1.55. The van der Waals surface area contributed by atoms with Crippen molar-refractivity contribution in [3.05, 3.63) is 0 Å². The molecule has 0 amide bonds. The number of hydrogen-bond donors (Lipinski definition) is 0. The number of rotatable bonds is 0. The predicted octanol–water partition coefficient (Wildman–Crippen LogP) is 2.21. The van der Waals surface area contributed by atoms with Gasteiger partial charge in [-0.1, -0.05) is 24.6 Å². The van der Waals surface area contributed by atoms with Crippen molar-refractivity contribution < 1.29 is 4.79 Å². The van der Waals surface area contributed by atoms with Gasteiger partial charge in [-0.3, -0.25) is 4.79 Å². The zero-order valence-corrected chi connectivity index (χ0v) is 6.88. The minimum Gasteiger partial charge on any atom is -0.287 e. The Labute approximate surface area is 65.6 Å². The smallest absolute Gasteiger partial charge is 0.195 e. The van der Waals surface area contributed by atoms with E-state index in [-0.39, 0.29) is 5.41 Å². The first kappa shape index (κ1) is 6.71. The van der Waals surface area contributed by atoms with E-state index in [2.05, 4.69) is 0 Å². The summed E-state index contributed by atoms with van der Waals surface area (Å²) in [6, 6.07) is 0. The van der Waals surface area contributed by atoms with Gasteiger partial charge >= 0.3 is 0 Å². The maximum Gasteiger partial charge on any atom is 0.195 e. The van der Waals surface area contributed by atoms with Gasteiger partial charge in [0.15, 0.2) is 5.12 Å². The van der Waals surface area contributed by atoms with Crippen molar-refractivity contribution >= 4 is 16.9 Å². The second-order valence-electron chi connectivity index (χ2n) is 3.37. The van der Waals surface area contributed by atoms with Crippen LogP contribution in [0.5, 0.6) is 0 Å². The van der Waals surface area contributed by atoms with Crippen molar-refractivity contribution in [1.29, 1.82) is 0 Å². The molecule has 2 rings (SSSR count). The first-order valence-electron chi connectivity index (χ1n) is 4.01. The molecule has 0 atom stereocenters. The van der Waals surface area contributed by atoms with Gasteiger partial charge in [-0.05, 0) is 19.3 Å². The van der Waals surface area contributed by atoms with Crippen LogP contribution in [-0.4, -0.2) is 10.9 Å². The van der Waals surface area contributed by atoms with E-state index in [0.717, 1.165) is 12.2 Å². The maximum atomic E-state index is 11.4. The molecule has 0 radical (unpaired) electrons. The van der Waals surface area contributed by atoms with Crippen molar-refractivity contribution in [3.63, 3.8) is 0 Å². The Morgan fingerprint density at radius 1 is 1.20 bits per heavy atom. The Morgan fingerprint density at radius 3 is 2.40 bits per heavy atom. The number of hydrogen-bond acceptors (Lipinski definition) is 2. The normalized spacial score (nSPS) is 30.2. The summed E-state index contributed by atoms with van der Waals surface area (Å²) < 4.78 is 0. The monoisotopic (exact) mass is 156 g/mol. The van der Waals surface area contributed by atoms with Crippen molar-refractivity contribution in [3.8, 4) is 0 Å². The molecule has 0 unspecified atom stereocenters. The van der Waals surface area contributed by atoms with E-state index in [1.165, 1.54) is 25.7 Å². The molecule has 0 aromatic heterocycles. The van der Waals surface area contributed by atoms with Gasteiger partial charge in [0.05, 0.1) is 0 Å². The molecule has 0 aromatic rings. The Kier molecular flexibility index (Phi) is 1.52. The lowest BCUT2D eigenvalue weighted by Crippen LogP contribution is -2.19. The number of carbonyl (C=O) groups is 1. The summed E-state index contributed by atoms with van der Waals surface area (Å²) in [6.07, 6.45) is 6.09. The molecule has 0 bridgehead atoms. The molecule has 2 fully saturated rings. The average molecular weight is 156 g/mol. The standard InChI is InChI=1S/C8H12OS/c9-7-8(5-6-10-7)3-1-2-4-8/h1-6H2. The molecule has 1 aliphatic heterocycles. The van der Waals surface area contributed by atoms with Crippen LogP contribution in [0.1, 0.15) is 32.1 Å². The topological polar surface area (TPSA) is 17.1 Å². The summed E-state index contributed by atoms with van der Waals surface area (Å²) in [7, 11) is 0. The highest BCUT2D eigenvalue weighted by atomic mass is 32.2. The van der Waals surface area contributed by atoms with E-state index in [1.54, 1.807) is 11.8 Å². The number of carbonyl (C=O) groups excluding carboxylic acids is 1. The van der Waals surface area contributed by atoms with Crippen LogP contribution in [0.3, 0.4) is 0 Å². The molecular formula is C8H12OS. The van der Waals surface area contributed by atoms with Crippen molar-refractivity contribution in [1.82, 2.24) is 0 Å². The molecule has 10 heavy (non-hydrogen) atoms. The van der Waals surface area contributed by atoms with Crippen LogP contribution >= 0.6 is 11.8 Å². The Bertz CT molecular complexity index is 153. The molecule has 1 spiro atoms. The quantitative estimate of drug-likeness (QED) is 0.535. The first-order chi connectivity index (χ1) is 4.83. The fourth-order valence-electron chi connectivity index (χ4n) is 2.10. The van der Waals surface area contributed by atoms with E-state index < -0.39 is 0 Å². The summed E-state index contributed by atoms with van der Waals surface area (Å²) in [4.78, 5) is 11.4. The molecule has 1 saturated heterocycles. The Hall–Kier alpha value is 0.0200. The average Bonchev–Trinajstić information content (AvgIpc) is 2.48. The van der Waals surface area contributed by atoms with E-state index in [0.29, 0.717) is 5.12 Å². The maximum absolute atomic E-state index is 11.4. The SMILES string of the molecule is O=C1SCCC12CCCC2. The zero-order valence-electron chi connectivity index (χ0n) is 6.06. The van der Waals surface area contributed by atoms with Crippen LogP contribution in [0.25, 0.3) is 0 Å². The van der Waals surface area contributed by atoms with Gasteiger partial charge < -0.3 is 0 Å². The fraction of sp³-hybridized carbons (Fsp3) is 0.875. The summed E-state index contributed by atoms with van der Waals surface area (Å²) in [5.74, 6) is 1.08.